The van der Waals surface area contributed by atoms with Crippen LogP contribution in [0.5, 0.6) is 0 Å². The van der Waals surface area contributed by atoms with Gasteiger partial charge in [-0.15, -0.1) is 0 Å². The number of amides is 1. The summed E-state index contributed by atoms with van der Waals surface area (Å²) < 4.78 is 0. The van der Waals surface area contributed by atoms with E-state index < -0.39 is 0 Å². The zero-order chi connectivity index (χ0) is 12.8. The Morgan fingerprint density at radius 3 is 2.29 bits per heavy atom. The molecule has 0 saturated heterocycles. The van der Waals surface area contributed by atoms with E-state index in [1.165, 1.54) is 11.3 Å². The predicted octanol–water partition coefficient (Wildman–Crippen LogP) is 2.21. The molecule has 1 rings (SSSR count). The van der Waals surface area contributed by atoms with E-state index in [4.69, 9.17) is 0 Å². The number of aryl methyl sites for hydroxylation is 1. The Morgan fingerprint density at radius 2 is 1.82 bits per heavy atom. The number of nitrogens with one attached hydrogen (secondary N) is 1. The van der Waals surface area contributed by atoms with Crippen molar-refractivity contribution in [2.75, 3.05) is 19.0 Å². The first-order valence-electron chi connectivity index (χ1n) is 6.04. The van der Waals surface area contributed by atoms with Crippen molar-refractivity contribution in [2.24, 2.45) is 0 Å². The summed E-state index contributed by atoms with van der Waals surface area (Å²) in [6.07, 6.45) is 1.35. The zero-order valence-corrected chi connectivity index (χ0v) is 11.2. The fraction of sp³-hybridized carbons (Fsp3) is 0.500. The second-order valence-corrected chi connectivity index (χ2v) is 4.78. The van der Waals surface area contributed by atoms with Crippen molar-refractivity contribution in [1.82, 2.24) is 5.32 Å². The number of carbonyl (C=O) groups excluding carboxylic acids is 1. The Balaban J connectivity index is 2.44. The van der Waals surface area contributed by atoms with Gasteiger partial charge in [-0.3, -0.25) is 4.79 Å². The predicted molar refractivity (Wildman–Crippen MR) is 72.4 cm³/mol. The van der Waals surface area contributed by atoms with E-state index in [2.05, 4.69) is 34.5 Å². The highest BCUT2D eigenvalue weighted by Crippen LogP contribution is 2.13. The highest BCUT2D eigenvalue weighted by atomic mass is 16.1. The third-order valence-electron chi connectivity index (χ3n) is 2.54. The minimum atomic E-state index is 0.122. The van der Waals surface area contributed by atoms with Gasteiger partial charge in [0.25, 0.3) is 0 Å². The average Bonchev–Trinajstić information content (AvgIpc) is 2.26. The minimum Gasteiger partial charge on any atom is -0.378 e. The number of carbonyl (C=O) groups is 1. The van der Waals surface area contributed by atoms with Gasteiger partial charge in [0.05, 0.1) is 0 Å². The molecule has 0 aliphatic rings. The molecule has 0 bridgehead atoms. The van der Waals surface area contributed by atoms with E-state index >= 15 is 0 Å². The van der Waals surface area contributed by atoms with Crippen molar-refractivity contribution in [3.05, 3.63) is 29.8 Å². The first-order chi connectivity index (χ1) is 7.99. The molecule has 1 aromatic rings. The van der Waals surface area contributed by atoms with Crippen molar-refractivity contribution in [2.45, 2.75) is 32.7 Å². The molecule has 0 radical (unpaired) electrons. The summed E-state index contributed by atoms with van der Waals surface area (Å²) >= 11 is 0. The van der Waals surface area contributed by atoms with Gasteiger partial charge in [0.1, 0.15) is 0 Å². The standard InChI is InChI=1S/C14H22N2O/c1-11(2)15-14(17)10-7-12-5-8-13(9-6-12)16(3)4/h5-6,8-9,11H,7,10H2,1-4H3,(H,15,17). The molecule has 1 amide bonds. The SMILES string of the molecule is CC(C)NC(=O)CCc1ccc(N(C)C)cc1. The molecule has 3 heteroatoms. The summed E-state index contributed by atoms with van der Waals surface area (Å²) in [6, 6.07) is 8.54. The Labute approximate surface area is 104 Å². The molecule has 0 aromatic heterocycles. The van der Waals surface area contributed by atoms with Crippen molar-refractivity contribution in [1.29, 1.82) is 0 Å². The number of hydrogen-bond donors (Lipinski definition) is 1. The Kier molecular flexibility index (Phi) is 5.01. The molecule has 0 fully saturated rings. The van der Waals surface area contributed by atoms with Crippen LogP contribution in [0.2, 0.25) is 0 Å². The lowest BCUT2D eigenvalue weighted by Gasteiger charge is -2.12. The van der Waals surface area contributed by atoms with Crippen LogP contribution in [0.15, 0.2) is 24.3 Å². The molecule has 0 saturated carbocycles. The van der Waals surface area contributed by atoms with Gasteiger partial charge in [0.2, 0.25) is 5.91 Å². The van der Waals surface area contributed by atoms with Gasteiger partial charge < -0.3 is 10.2 Å². The molecule has 3 nitrogen and oxygen atoms in total. The zero-order valence-electron chi connectivity index (χ0n) is 11.2. The first-order valence-corrected chi connectivity index (χ1v) is 6.04. The highest BCUT2D eigenvalue weighted by Gasteiger charge is 2.03. The summed E-state index contributed by atoms with van der Waals surface area (Å²) in [5, 5.41) is 2.90. The van der Waals surface area contributed by atoms with Gasteiger partial charge in [0, 0.05) is 32.2 Å². The average molecular weight is 234 g/mol. The lowest BCUT2D eigenvalue weighted by Crippen LogP contribution is -2.30. The van der Waals surface area contributed by atoms with E-state index in [0.717, 1.165) is 6.42 Å². The number of rotatable bonds is 5. The third kappa shape index (κ3) is 4.89. The maximum absolute atomic E-state index is 11.5. The number of benzene rings is 1. The molecule has 0 aliphatic heterocycles. The quantitative estimate of drug-likeness (QED) is 0.847. The summed E-state index contributed by atoms with van der Waals surface area (Å²) in [6.45, 7) is 3.95. The van der Waals surface area contributed by atoms with Crippen molar-refractivity contribution in [3.63, 3.8) is 0 Å². The smallest absolute Gasteiger partial charge is 0.220 e. The molecular formula is C14H22N2O. The van der Waals surface area contributed by atoms with E-state index in [1.54, 1.807) is 0 Å². The Morgan fingerprint density at radius 1 is 1.24 bits per heavy atom. The summed E-state index contributed by atoms with van der Waals surface area (Å²) in [4.78, 5) is 13.5. The molecule has 1 aromatic carbocycles. The van der Waals surface area contributed by atoms with Gasteiger partial charge in [-0.05, 0) is 38.0 Å². The monoisotopic (exact) mass is 234 g/mol. The van der Waals surface area contributed by atoms with Crippen molar-refractivity contribution < 1.29 is 4.79 Å². The maximum Gasteiger partial charge on any atom is 0.220 e. The molecule has 0 aliphatic carbocycles. The molecular weight excluding hydrogens is 212 g/mol. The molecule has 94 valence electrons. The van der Waals surface area contributed by atoms with Crippen LogP contribution < -0.4 is 10.2 Å². The maximum atomic E-state index is 11.5. The Hall–Kier alpha value is -1.51. The largest absolute Gasteiger partial charge is 0.378 e. The molecule has 0 spiro atoms. The summed E-state index contributed by atoms with van der Waals surface area (Å²) in [7, 11) is 4.04. The minimum absolute atomic E-state index is 0.122. The van der Waals surface area contributed by atoms with Crippen molar-refractivity contribution >= 4 is 11.6 Å². The van der Waals surface area contributed by atoms with Crippen LogP contribution >= 0.6 is 0 Å². The number of anilines is 1. The van der Waals surface area contributed by atoms with Gasteiger partial charge in [-0.25, -0.2) is 0 Å². The second-order valence-electron chi connectivity index (χ2n) is 4.78. The van der Waals surface area contributed by atoms with Crippen LogP contribution in [0.4, 0.5) is 5.69 Å². The summed E-state index contributed by atoms with van der Waals surface area (Å²) in [5.74, 6) is 0.122. The second kappa shape index (κ2) is 6.28. The van der Waals surface area contributed by atoms with E-state index in [-0.39, 0.29) is 11.9 Å². The number of nitrogens with zero attached hydrogens (tertiary/aromatic N) is 1. The molecule has 1 N–H and O–H groups in total. The molecule has 0 atom stereocenters. The van der Waals surface area contributed by atoms with Crippen LogP contribution in [-0.2, 0) is 11.2 Å². The topological polar surface area (TPSA) is 32.3 Å². The fourth-order valence-electron chi connectivity index (χ4n) is 1.61. The van der Waals surface area contributed by atoms with E-state index in [0.29, 0.717) is 6.42 Å². The van der Waals surface area contributed by atoms with Gasteiger partial charge in [-0.1, -0.05) is 12.1 Å². The van der Waals surface area contributed by atoms with Crippen LogP contribution in [-0.4, -0.2) is 26.0 Å². The van der Waals surface area contributed by atoms with E-state index in [9.17, 15) is 4.79 Å². The lowest BCUT2D eigenvalue weighted by atomic mass is 10.1. The highest BCUT2D eigenvalue weighted by molar-refractivity contribution is 5.76. The van der Waals surface area contributed by atoms with Crippen LogP contribution in [0.3, 0.4) is 0 Å². The normalized spacial score (nSPS) is 10.4. The first kappa shape index (κ1) is 13.6. The van der Waals surface area contributed by atoms with Gasteiger partial charge in [0.15, 0.2) is 0 Å². The third-order valence-corrected chi connectivity index (χ3v) is 2.54. The lowest BCUT2D eigenvalue weighted by molar-refractivity contribution is -0.121. The van der Waals surface area contributed by atoms with Crippen LogP contribution in [0.25, 0.3) is 0 Å². The van der Waals surface area contributed by atoms with E-state index in [1.807, 2.05) is 27.9 Å². The van der Waals surface area contributed by atoms with Gasteiger partial charge in [-0.2, -0.15) is 0 Å². The Bertz CT molecular complexity index is 355. The molecule has 0 heterocycles. The van der Waals surface area contributed by atoms with Gasteiger partial charge >= 0.3 is 0 Å². The number of hydrogen-bond acceptors (Lipinski definition) is 2. The fourth-order valence-corrected chi connectivity index (χ4v) is 1.61. The van der Waals surface area contributed by atoms with Crippen LogP contribution in [0, 0.1) is 0 Å². The molecule has 0 unspecified atom stereocenters. The molecule has 17 heavy (non-hydrogen) atoms. The van der Waals surface area contributed by atoms with Crippen molar-refractivity contribution in [3.8, 4) is 0 Å². The summed E-state index contributed by atoms with van der Waals surface area (Å²) in [5.41, 5.74) is 2.38. The van der Waals surface area contributed by atoms with Crippen LogP contribution in [0.1, 0.15) is 25.8 Å².